The van der Waals surface area contributed by atoms with Gasteiger partial charge in [-0.25, -0.2) is 15.8 Å². The summed E-state index contributed by atoms with van der Waals surface area (Å²) >= 11 is 1.56. The van der Waals surface area contributed by atoms with E-state index in [1.807, 2.05) is 19.1 Å². The summed E-state index contributed by atoms with van der Waals surface area (Å²) in [6.07, 6.45) is 1.66. The minimum absolute atomic E-state index is 0.375. The molecule has 0 aliphatic heterocycles. The summed E-state index contributed by atoms with van der Waals surface area (Å²) in [7, 11) is 0. The largest absolute Gasteiger partial charge is 0.468 e. The number of nitrogens with two attached hydrogens (primary N) is 1. The Kier molecular flexibility index (Phi) is 5.20. The number of rotatable bonds is 7. The van der Waals surface area contributed by atoms with Crippen LogP contribution in [0.4, 0.5) is 5.82 Å². The van der Waals surface area contributed by atoms with Gasteiger partial charge in [-0.1, -0.05) is 11.8 Å². The Morgan fingerprint density at radius 3 is 3.05 bits per heavy atom. The fourth-order valence-electron chi connectivity index (χ4n) is 1.42. The van der Waals surface area contributed by atoms with Crippen LogP contribution in [0.5, 0.6) is 0 Å². The SMILES string of the molecule is CCOCc1nc(NN)cc(SCc2ccco2)n1. The molecule has 0 amide bonds. The highest BCUT2D eigenvalue weighted by molar-refractivity contribution is 7.98. The standard InChI is InChI=1S/C12H16N4O2S/c1-2-17-7-11-14-10(16-13)6-12(15-11)19-8-9-4-3-5-18-9/h3-6H,2,7-8,13H2,1H3,(H,14,15,16). The van der Waals surface area contributed by atoms with Crippen LogP contribution >= 0.6 is 11.8 Å². The number of nitrogen functional groups attached to an aromatic ring is 1. The Morgan fingerprint density at radius 1 is 1.47 bits per heavy atom. The van der Waals surface area contributed by atoms with Crippen molar-refractivity contribution >= 4 is 17.6 Å². The first-order chi connectivity index (χ1) is 9.31. The molecule has 0 bridgehead atoms. The van der Waals surface area contributed by atoms with Crippen molar-refractivity contribution in [2.75, 3.05) is 12.0 Å². The zero-order chi connectivity index (χ0) is 13.5. The summed E-state index contributed by atoms with van der Waals surface area (Å²) in [5, 5.41) is 0.828. The van der Waals surface area contributed by atoms with Gasteiger partial charge in [0.15, 0.2) is 5.82 Å². The van der Waals surface area contributed by atoms with Crippen LogP contribution < -0.4 is 11.3 Å². The van der Waals surface area contributed by atoms with Gasteiger partial charge in [0.25, 0.3) is 0 Å². The summed E-state index contributed by atoms with van der Waals surface area (Å²) in [5.74, 6) is 8.19. The maximum absolute atomic E-state index is 5.40. The van der Waals surface area contributed by atoms with Crippen molar-refractivity contribution in [1.29, 1.82) is 0 Å². The lowest BCUT2D eigenvalue weighted by molar-refractivity contribution is 0.128. The molecule has 2 aromatic rings. The lowest BCUT2D eigenvalue weighted by Gasteiger charge is -2.07. The van der Waals surface area contributed by atoms with Gasteiger partial charge in [-0.3, -0.25) is 0 Å². The third kappa shape index (κ3) is 4.23. The Balaban J connectivity index is 2.05. The van der Waals surface area contributed by atoms with E-state index in [0.29, 0.717) is 30.6 Å². The van der Waals surface area contributed by atoms with Gasteiger partial charge in [-0.15, -0.1) is 0 Å². The van der Waals surface area contributed by atoms with Gasteiger partial charge in [-0.2, -0.15) is 0 Å². The van der Waals surface area contributed by atoms with Crippen LogP contribution in [0.1, 0.15) is 18.5 Å². The summed E-state index contributed by atoms with van der Waals surface area (Å²) in [6.45, 7) is 2.93. The lowest BCUT2D eigenvalue weighted by atomic mass is 10.5. The molecule has 0 radical (unpaired) electrons. The number of ether oxygens (including phenoxy) is 1. The number of furan rings is 1. The summed E-state index contributed by atoms with van der Waals surface area (Å²) in [6, 6.07) is 5.59. The topological polar surface area (TPSA) is 86.2 Å². The molecule has 2 rings (SSSR count). The summed E-state index contributed by atoms with van der Waals surface area (Å²) < 4.78 is 10.6. The van der Waals surface area contributed by atoms with Crippen molar-refractivity contribution in [3.8, 4) is 0 Å². The van der Waals surface area contributed by atoms with Gasteiger partial charge in [-0.05, 0) is 19.1 Å². The summed E-state index contributed by atoms with van der Waals surface area (Å²) in [5.41, 5.74) is 2.53. The number of thioether (sulfide) groups is 1. The highest BCUT2D eigenvalue weighted by Gasteiger charge is 2.06. The van der Waals surface area contributed by atoms with Crippen LogP contribution in [0.3, 0.4) is 0 Å². The minimum Gasteiger partial charge on any atom is -0.468 e. The van der Waals surface area contributed by atoms with Crippen molar-refractivity contribution < 1.29 is 9.15 Å². The zero-order valence-corrected chi connectivity index (χ0v) is 11.4. The average molecular weight is 280 g/mol. The van der Waals surface area contributed by atoms with Gasteiger partial charge in [0.05, 0.1) is 12.0 Å². The maximum Gasteiger partial charge on any atom is 0.157 e. The van der Waals surface area contributed by atoms with Gasteiger partial charge >= 0.3 is 0 Å². The fraction of sp³-hybridized carbons (Fsp3) is 0.333. The maximum atomic E-state index is 5.40. The van der Waals surface area contributed by atoms with Crippen LogP contribution in [-0.4, -0.2) is 16.6 Å². The van der Waals surface area contributed by atoms with Crippen molar-refractivity contribution in [3.63, 3.8) is 0 Å². The molecule has 0 fully saturated rings. The molecule has 3 N–H and O–H groups in total. The minimum atomic E-state index is 0.375. The average Bonchev–Trinajstić information content (AvgIpc) is 2.96. The van der Waals surface area contributed by atoms with E-state index in [4.69, 9.17) is 15.0 Å². The van der Waals surface area contributed by atoms with Gasteiger partial charge in [0.2, 0.25) is 0 Å². The molecule has 2 aromatic heterocycles. The van der Waals surface area contributed by atoms with E-state index in [2.05, 4.69) is 15.4 Å². The van der Waals surface area contributed by atoms with Crippen molar-refractivity contribution in [3.05, 3.63) is 36.0 Å². The van der Waals surface area contributed by atoms with Crippen LogP contribution in [-0.2, 0) is 17.1 Å². The quantitative estimate of drug-likeness (QED) is 0.348. The second kappa shape index (κ2) is 7.13. The Hall–Kier alpha value is -1.57. The number of hydrogen-bond acceptors (Lipinski definition) is 7. The predicted octanol–water partition coefficient (Wildman–Crippen LogP) is 2.18. The first-order valence-corrected chi connectivity index (χ1v) is 6.88. The lowest BCUT2D eigenvalue weighted by Crippen LogP contribution is -2.11. The van der Waals surface area contributed by atoms with Gasteiger partial charge in [0, 0.05) is 12.7 Å². The van der Waals surface area contributed by atoms with Gasteiger partial charge in [0.1, 0.15) is 23.2 Å². The van der Waals surface area contributed by atoms with Crippen molar-refractivity contribution in [1.82, 2.24) is 9.97 Å². The molecular weight excluding hydrogens is 264 g/mol. The van der Waals surface area contributed by atoms with E-state index >= 15 is 0 Å². The highest BCUT2D eigenvalue weighted by Crippen LogP contribution is 2.23. The molecule has 6 nitrogen and oxygen atoms in total. The first kappa shape index (κ1) is 13.9. The van der Waals surface area contributed by atoms with E-state index < -0.39 is 0 Å². The number of nitrogens with zero attached hydrogens (tertiary/aromatic N) is 2. The monoisotopic (exact) mass is 280 g/mol. The molecule has 7 heteroatoms. The Morgan fingerprint density at radius 2 is 2.37 bits per heavy atom. The van der Waals surface area contributed by atoms with Crippen molar-refractivity contribution in [2.24, 2.45) is 5.84 Å². The Labute approximate surface area is 115 Å². The molecule has 0 aromatic carbocycles. The summed E-state index contributed by atoms with van der Waals surface area (Å²) in [4.78, 5) is 8.63. The van der Waals surface area contributed by atoms with E-state index in [-0.39, 0.29) is 0 Å². The molecule has 102 valence electrons. The van der Waals surface area contributed by atoms with E-state index in [0.717, 1.165) is 10.8 Å². The molecule has 0 aliphatic rings. The molecule has 19 heavy (non-hydrogen) atoms. The van der Waals surface area contributed by atoms with Crippen LogP contribution in [0.15, 0.2) is 33.9 Å². The third-order valence-corrected chi connectivity index (χ3v) is 3.21. The molecule has 0 aliphatic carbocycles. The smallest absolute Gasteiger partial charge is 0.157 e. The van der Waals surface area contributed by atoms with Crippen LogP contribution in [0, 0.1) is 0 Å². The van der Waals surface area contributed by atoms with E-state index in [1.165, 1.54) is 0 Å². The number of hydrogen-bond donors (Lipinski definition) is 2. The first-order valence-electron chi connectivity index (χ1n) is 5.89. The molecule has 0 spiro atoms. The number of anilines is 1. The number of hydrazine groups is 1. The van der Waals surface area contributed by atoms with E-state index in [9.17, 15) is 0 Å². The third-order valence-electron chi connectivity index (χ3n) is 2.27. The zero-order valence-electron chi connectivity index (χ0n) is 10.6. The van der Waals surface area contributed by atoms with Gasteiger partial charge < -0.3 is 14.6 Å². The highest BCUT2D eigenvalue weighted by atomic mass is 32.2. The molecule has 0 saturated heterocycles. The van der Waals surface area contributed by atoms with E-state index in [1.54, 1.807) is 24.1 Å². The number of aromatic nitrogens is 2. The second-order valence-electron chi connectivity index (χ2n) is 3.66. The second-order valence-corrected chi connectivity index (χ2v) is 4.65. The van der Waals surface area contributed by atoms with Crippen LogP contribution in [0.25, 0.3) is 0 Å². The molecule has 0 saturated carbocycles. The normalized spacial score (nSPS) is 10.6. The Bertz CT molecular complexity index is 504. The van der Waals surface area contributed by atoms with Crippen LogP contribution in [0.2, 0.25) is 0 Å². The molecule has 0 unspecified atom stereocenters. The van der Waals surface area contributed by atoms with Crippen molar-refractivity contribution in [2.45, 2.75) is 24.3 Å². The molecular formula is C12H16N4O2S. The molecule has 0 atom stereocenters. The molecule has 2 heterocycles. The number of nitrogens with one attached hydrogen (secondary N) is 1. The fourth-order valence-corrected chi connectivity index (χ4v) is 2.24. The predicted molar refractivity (Wildman–Crippen MR) is 73.4 cm³/mol.